The Morgan fingerprint density at radius 3 is 2.20 bits per heavy atom. The number of hydrogen-bond donors (Lipinski definition) is 0. The van der Waals surface area contributed by atoms with Crippen LogP contribution in [0.5, 0.6) is 5.75 Å². The van der Waals surface area contributed by atoms with Crippen molar-refractivity contribution in [1.29, 1.82) is 0 Å². The molecule has 2 aromatic carbocycles. The number of benzene rings is 2. The Hall–Kier alpha value is -5.56. The quantitative estimate of drug-likeness (QED) is 0.0676. The van der Waals surface area contributed by atoms with Crippen molar-refractivity contribution in [3.63, 3.8) is 0 Å². The standard InChI is InChI=1S/C37H39N3O16/c1-17-13-28(45)52-25-14-23(11-12-24(17)25)51-36-29(39-40-38)32(30-27(53-36)16-47-35(55-30)22-9-7-6-8-10-22)56-37-34(50-21(5)44)33(49-20(4)43)31(48-19(3)42)26(54-37)15-46-18(2)41/h6-14,26-27,29-37H,15-16H2,1-5H3. The number of ether oxygens (including phenoxy) is 10. The monoisotopic (exact) mass is 781 g/mol. The molecule has 0 amide bonds. The maximum atomic E-state index is 12.6. The number of rotatable bonds is 11. The first kappa shape index (κ1) is 40.1. The first-order valence-corrected chi connectivity index (χ1v) is 17.5. The summed E-state index contributed by atoms with van der Waals surface area (Å²) in [4.78, 5) is 64.4. The van der Waals surface area contributed by atoms with Crippen LogP contribution in [-0.4, -0.2) is 98.4 Å². The van der Waals surface area contributed by atoms with Crippen molar-refractivity contribution in [1.82, 2.24) is 0 Å². The highest BCUT2D eigenvalue weighted by Crippen LogP contribution is 2.40. The molecule has 3 fully saturated rings. The van der Waals surface area contributed by atoms with Crippen LogP contribution in [0.15, 0.2) is 68.9 Å². The summed E-state index contributed by atoms with van der Waals surface area (Å²) < 4.78 is 65.1. The van der Waals surface area contributed by atoms with Gasteiger partial charge in [-0.15, -0.1) is 0 Å². The molecule has 298 valence electrons. The largest absolute Gasteiger partial charge is 0.464 e. The number of carbonyl (C=O) groups excluding carboxylic acids is 4. The predicted octanol–water partition coefficient (Wildman–Crippen LogP) is 3.47. The SMILES string of the molecule is CC(=O)OCC1OC(OC2C(N=[N+]=[N-])C(Oc3ccc4c(C)cc(=O)oc4c3)OC3COC(c4ccccc4)OC32)C(OC(C)=O)C(OC(C)=O)C1OC(C)=O. The molecule has 3 aliphatic rings. The maximum absolute atomic E-state index is 12.6. The molecule has 4 heterocycles. The molecule has 11 unspecified atom stereocenters. The highest BCUT2D eigenvalue weighted by atomic mass is 16.8. The molecule has 0 bridgehead atoms. The molecule has 0 radical (unpaired) electrons. The number of fused-ring (bicyclic) bond motifs is 2. The fraction of sp³-hybridized carbons (Fsp3) is 0.486. The van der Waals surface area contributed by atoms with Crippen LogP contribution in [0.1, 0.15) is 45.1 Å². The van der Waals surface area contributed by atoms with Gasteiger partial charge in [-0.25, -0.2) is 4.79 Å². The van der Waals surface area contributed by atoms with E-state index in [-0.39, 0.29) is 17.9 Å². The number of hydrogen-bond acceptors (Lipinski definition) is 17. The van der Waals surface area contributed by atoms with Gasteiger partial charge in [-0.3, -0.25) is 19.2 Å². The van der Waals surface area contributed by atoms with Gasteiger partial charge in [0.05, 0.1) is 6.61 Å². The first-order valence-electron chi connectivity index (χ1n) is 17.5. The van der Waals surface area contributed by atoms with E-state index in [0.29, 0.717) is 16.5 Å². The molecule has 19 nitrogen and oxygen atoms in total. The molecule has 3 saturated heterocycles. The Balaban J connectivity index is 1.41. The summed E-state index contributed by atoms with van der Waals surface area (Å²) in [6.45, 7) is 5.58. The van der Waals surface area contributed by atoms with Gasteiger partial charge in [-0.2, -0.15) is 0 Å². The third kappa shape index (κ3) is 9.27. The van der Waals surface area contributed by atoms with Crippen molar-refractivity contribution in [3.8, 4) is 5.75 Å². The van der Waals surface area contributed by atoms with Crippen molar-refractivity contribution in [2.75, 3.05) is 13.2 Å². The van der Waals surface area contributed by atoms with E-state index in [9.17, 15) is 29.5 Å². The van der Waals surface area contributed by atoms with E-state index in [0.717, 1.165) is 27.7 Å². The molecule has 11 atom stereocenters. The van der Waals surface area contributed by atoms with E-state index in [4.69, 9.17) is 51.8 Å². The van der Waals surface area contributed by atoms with Crippen molar-refractivity contribution in [3.05, 3.63) is 86.6 Å². The molecule has 6 rings (SSSR count). The van der Waals surface area contributed by atoms with Crippen LogP contribution in [0.3, 0.4) is 0 Å². The second kappa shape index (κ2) is 17.5. The van der Waals surface area contributed by atoms with Crippen LogP contribution in [0.2, 0.25) is 0 Å². The van der Waals surface area contributed by atoms with E-state index < -0.39 is 104 Å². The van der Waals surface area contributed by atoms with Gasteiger partial charge < -0.3 is 51.8 Å². The van der Waals surface area contributed by atoms with E-state index >= 15 is 0 Å². The van der Waals surface area contributed by atoms with Crippen molar-refractivity contribution >= 4 is 34.8 Å². The van der Waals surface area contributed by atoms with Crippen LogP contribution in [0, 0.1) is 6.92 Å². The average Bonchev–Trinajstić information content (AvgIpc) is 3.14. The summed E-state index contributed by atoms with van der Waals surface area (Å²) in [5.74, 6) is -3.06. The Labute approximate surface area is 318 Å². The van der Waals surface area contributed by atoms with Crippen LogP contribution in [0.4, 0.5) is 0 Å². The van der Waals surface area contributed by atoms with Crippen LogP contribution < -0.4 is 10.4 Å². The Bertz CT molecular complexity index is 2040. The number of azide groups is 1. The van der Waals surface area contributed by atoms with E-state index in [1.54, 1.807) is 43.3 Å². The summed E-state index contributed by atoms with van der Waals surface area (Å²) in [5, 5.41) is 4.65. The molecule has 0 aliphatic carbocycles. The van der Waals surface area contributed by atoms with Crippen LogP contribution >= 0.6 is 0 Å². The van der Waals surface area contributed by atoms with Crippen LogP contribution in [0.25, 0.3) is 21.4 Å². The average molecular weight is 782 g/mol. The zero-order chi connectivity index (χ0) is 40.1. The molecule has 0 spiro atoms. The second-order valence-corrected chi connectivity index (χ2v) is 13.1. The number of aryl methyl sites for hydroxylation is 1. The molecule has 19 heteroatoms. The lowest BCUT2D eigenvalue weighted by atomic mass is 9.94. The van der Waals surface area contributed by atoms with Gasteiger partial charge in [0, 0.05) is 55.7 Å². The van der Waals surface area contributed by atoms with Gasteiger partial charge >= 0.3 is 29.5 Å². The highest BCUT2D eigenvalue weighted by molar-refractivity contribution is 5.81. The predicted molar refractivity (Wildman–Crippen MR) is 186 cm³/mol. The van der Waals surface area contributed by atoms with E-state index in [1.165, 1.54) is 12.1 Å². The molecular weight excluding hydrogens is 742 g/mol. The fourth-order valence-corrected chi connectivity index (χ4v) is 6.74. The van der Waals surface area contributed by atoms with Gasteiger partial charge in [-0.1, -0.05) is 35.4 Å². The maximum Gasteiger partial charge on any atom is 0.336 e. The van der Waals surface area contributed by atoms with Gasteiger partial charge in [-0.05, 0) is 30.2 Å². The van der Waals surface area contributed by atoms with Gasteiger partial charge in [0.25, 0.3) is 0 Å². The summed E-state index contributed by atoms with van der Waals surface area (Å²) >= 11 is 0. The van der Waals surface area contributed by atoms with E-state index in [2.05, 4.69) is 10.0 Å². The number of nitrogens with zero attached hydrogens (tertiary/aromatic N) is 3. The third-order valence-corrected chi connectivity index (χ3v) is 8.98. The second-order valence-electron chi connectivity index (χ2n) is 13.1. The van der Waals surface area contributed by atoms with Crippen molar-refractivity contribution in [2.45, 2.75) is 102 Å². The summed E-state index contributed by atoms with van der Waals surface area (Å²) in [5.41, 5.74) is 10.8. The topological polar surface area (TPSA) is 240 Å². The normalized spacial score (nSPS) is 29.8. The van der Waals surface area contributed by atoms with Gasteiger partial charge in [0.1, 0.15) is 48.4 Å². The fourth-order valence-electron chi connectivity index (χ4n) is 6.74. The molecule has 1 aromatic heterocycles. The summed E-state index contributed by atoms with van der Waals surface area (Å²) in [7, 11) is 0. The lowest BCUT2D eigenvalue weighted by Gasteiger charge is -2.50. The number of esters is 4. The zero-order valence-electron chi connectivity index (χ0n) is 30.8. The minimum atomic E-state index is -1.68. The lowest BCUT2D eigenvalue weighted by Crippen LogP contribution is -2.67. The highest BCUT2D eigenvalue weighted by Gasteiger charge is 2.57. The number of carbonyl (C=O) groups is 4. The first-order chi connectivity index (χ1) is 26.8. The minimum absolute atomic E-state index is 0.0721. The Morgan fingerprint density at radius 1 is 0.821 bits per heavy atom. The summed E-state index contributed by atoms with van der Waals surface area (Å²) in [6.07, 6.45) is -13.4. The summed E-state index contributed by atoms with van der Waals surface area (Å²) in [6, 6.07) is 13.7. The van der Waals surface area contributed by atoms with E-state index in [1.807, 2.05) is 6.07 Å². The van der Waals surface area contributed by atoms with Crippen molar-refractivity contribution in [2.24, 2.45) is 5.11 Å². The zero-order valence-corrected chi connectivity index (χ0v) is 30.8. The lowest BCUT2D eigenvalue weighted by molar-refractivity contribution is -0.370. The molecule has 56 heavy (non-hydrogen) atoms. The minimum Gasteiger partial charge on any atom is -0.464 e. The molecule has 0 saturated carbocycles. The third-order valence-electron chi connectivity index (χ3n) is 8.98. The molecule has 0 N–H and O–H groups in total. The molecule has 3 aromatic rings. The van der Waals surface area contributed by atoms with Crippen molar-refractivity contribution < 1.29 is 71.0 Å². The Morgan fingerprint density at radius 2 is 1.52 bits per heavy atom. The molecule has 3 aliphatic heterocycles. The van der Waals surface area contributed by atoms with Crippen LogP contribution in [-0.2, 0) is 61.8 Å². The van der Waals surface area contributed by atoms with Gasteiger partial charge in [0.2, 0.25) is 6.29 Å². The Kier molecular flexibility index (Phi) is 12.5. The molecular formula is C37H39N3O16. The van der Waals surface area contributed by atoms with Gasteiger partial charge in [0.15, 0.2) is 30.9 Å². The smallest absolute Gasteiger partial charge is 0.336 e.